The molecule has 1 fully saturated rings. The molecule has 0 atom stereocenters. The fourth-order valence-corrected chi connectivity index (χ4v) is 2.23. The predicted octanol–water partition coefficient (Wildman–Crippen LogP) is 3.18. The summed E-state index contributed by atoms with van der Waals surface area (Å²) in [5.74, 6) is -2.29. The van der Waals surface area contributed by atoms with Crippen LogP contribution >= 0.6 is 0 Å². The second-order valence-corrected chi connectivity index (χ2v) is 4.86. The van der Waals surface area contributed by atoms with Crippen LogP contribution in [0.4, 0.5) is 17.6 Å². The normalized spacial score (nSPS) is 15.8. The number of benzene rings is 1. The molecular formula is C13H10F4N2O. The van der Waals surface area contributed by atoms with E-state index in [2.05, 4.69) is 4.98 Å². The van der Waals surface area contributed by atoms with Crippen molar-refractivity contribution in [2.75, 3.05) is 0 Å². The highest BCUT2D eigenvalue weighted by molar-refractivity contribution is 5.86. The average Bonchev–Trinajstić information content (AvgIpc) is 3.10. The Balaban J connectivity index is 2.05. The summed E-state index contributed by atoms with van der Waals surface area (Å²) >= 11 is 0. The maximum Gasteiger partial charge on any atom is 0.450 e. The van der Waals surface area contributed by atoms with E-state index in [9.17, 15) is 22.4 Å². The van der Waals surface area contributed by atoms with Crippen molar-refractivity contribution in [2.24, 2.45) is 0 Å². The summed E-state index contributed by atoms with van der Waals surface area (Å²) in [4.78, 5) is 15.1. The Morgan fingerprint density at radius 3 is 2.65 bits per heavy atom. The monoisotopic (exact) mass is 286 g/mol. The van der Waals surface area contributed by atoms with Crippen LogP contribution in [0, 0.1) is 5.82 Å². The summed E-state index contributed by atoms with van der Waals surface area (Å²) < 4.78 is 51.8. The second kappa shape index (κ2) is 4.29. The lowest BCUT2D eigenvalue weighted by molar-refractivity contribution is -0.170. The Hall–Kier alpha value is -1.92. The third kappa shape index (κ3) is 2.28. The van der Waals surface area contributed by atoms with Gasteiger partial charge < -0.3 is 4.57 Å². The Kier molecular flexibility index (Phi) is 2.81. The van der Waals surface area contributed by atoms with Crippen LogP contribution in [0.5, 0.6) is 0 Å². The molecule has 0 bridgehead atoms. The molecule has 1 aromatic heterocycles. The zero-order chi connectivity index (χ0) is 14.5. The van der Waals surface area contributed by atoms with E-state index in [4.69, 9.17) is 0 Å². The molecule has 0 N–H and O–H groups in total. The maximum absolute atomic E-state index is 13.1. The van der Waals surface area contributed by atoms with E-state index in [1.807, 2.05) is 0 Å². The molecule has 1 aliphatic rings. The van der Waals surface area contributed by atoms with Gasteiger partial charge in [0.15, 0.2) is 0 Å². The Bertz CT molecular complexity index is 685. The SMILES string of the molecule is O=C(Cc1nc2cc(F)ccc2n1C1CC1)C(F)(F)F. The minimum Gasteiger partial charge on any atom is -0.324 e. The second-order valence-electron chi connectivity index (χ2n) is 4.86. The number of hydrogen-bond donors (Lipinski definition) is 0. The Labute approximate surface area is 111 Å². The first-order valence-corrected chi connectivity index (χ1v) is 6.12. The van der Waals surface area contributed by atoms with Gasteiger partial charge in [-0.15, -0.1) is 0 Å². The van der Waals surface area contributed by atoms with E-state index >= 15 is 0 Å². The van der Waals surface area contributed by atoms with Crippen molar-refractivity contribution in [1.29, 1.82) is 0 Å². The number of carbonyl (C=O) groups excluding carboxylic acids is 1. The topological polar surface area (TPSA) is 34.9 Å². The van der Waals surface area contributed by atoms with Crippen molar-refractivity contribution in [2.45, 2.75) is 31.5 Å². The number of rotatable bonds is 3. The van der Waals surface area contributed by atoms with Crippen molar-refractivity contribution >= 4 is 16.8 Å². The van der Waals surface area contributed by atoms with Gasteiger partial charge in [0.1, 0.15) is 11.6 Å². The van der Waals surface area contributed by atoms with E-state index < -0.39 is 24.2 Å². The zero-order valence-corrected chi connectivity index (χ0v) is 10.2. The third-order valence-corrected chi connectivity index (χ3v) is 3.27. The zero-order valence-electron chi connectivity index (χ0n) is 10.2. The maximum atomic E-state index is 13.1. The predicted molar refractivity (Wildman–Crippen MR) is 62.7 cm³/mol. The Morgan fingerprint density at radius 1 is 1.35 bits per heavy atom. The van der Waals surface area contributed by atoms with Crippen molar-refractivity contribution in [3.63, 3.8) is 0 Å². The number of aromatic nitrogens is 2. The molecule has 0 unspecified atom stereocenters. The molecule has 1 heterocycles. The van der Waals surface area contributed by atoms with Gasteiger partial charge in [-0.1, -0.05) is 0 Å². The largest absolute Gasteiger partial charge is 0.450 e. The first kappa shape index (κ1) is 13.1. The standard InChI is InChI=1S/C13H10F4N2O/c14-7-1-4-10-9(5-7)18-12(19(10)8-2-3-8)6-11(20)13(15,16)17/h1,4-5,8H,2-3,6H2. The van der Waals surface area contributed by atoms with Crippen molar-refractivity contribution in [3.8, 4) is 0 Å². The van der Waals surface area contributed by atoms with Crippen LogP contribution in [-0.2, 0) is 11.2 Å². The summed E-state index contributed by atoms with van der Waals surface area (Å²) in [6.45, 7) is 0. The van der Waals surface area contributed by atoms with Crippen molar-refractivity contribution < 1.29 is 22.4 Å². The lowest BCUT2D eigenvalue weighted by Gasteiger charge is -2.08. The number of halogens is 4. The number of hydrogen-bond acceptors (Lipinski definition) is 2. The lowest BCUT2D eigenvalue weighted by Crippen LogP contribution is -2.26. The van der Waals surface area contributed by atoms with Crippen LogP contribution in [0.3, 0.4) is 0 Å². The summed E-state index contributed by atoms with van der Waals surface area (Å²) in [5.41, 5.74) is 0.848. The molecule has 106 valence electrons. The minimum atomic E-state index is -4.88. The van der Waals surface area contributed by atoms with E-state index in [1.54, 1.807) is 4.57 Å². The minimum absolute atomic E-state index is 0.0513. The van der Waals surface area contributed by atoms with Crippen LogP contribution in [0.15, 0.2) is 18.2 Å². The van der Waals surface area contributed by atoms with Gasteiger partial charge in [-0.2, -0.15) is 13.2 Å². The van der Waals surface area contributed by atoms with Gasteiger partial charge in [0.05, 0.1) is 17.5 Å². The first-order valence-electron chi connectivity index (χ1n) is 6.12. The molecule has 0 amide bonds. The lowest BCUT2D eigenvalue weighted by atomic mass is 10.2. The molecule has 20 heavy (non-hydrogen) atoms. The number of nitrogens with zero attached hydrogens (tertiary/aromatic N) is 2. The number of ketones is 1. The van der Waals surface area contributed by atoms with E-state index in [0.717, 1.165) is 18.9 Å². The average molecular weight is 286 g/mol. The molecular weight excluding hydrogens is 276 g/mol. The summed E-state index contributed by atoms with van der Waals surface area (Å²) in [6, 6.07) is 3.94. The van der Waals surface area contributed by atoms with E-state index in [0.29, 0.717) is 5.52 Å². The molecule has 1 saturated carbocycles. The van der Waals surface area contributed by atoms with Gasteiger partial charge in [-0.3, -0.25) is 4.79 Å². The summed E-state index contributed by atoms with van der Waals surface area (Å²) in [7, 11) is 0. The van der Waals surface area contributed by atoms with Crippen molar-refractivity contribution in [1.82, 2.24) is 9.55 Å². The molecule has 7 heteroatoms. The fraction of sp³-hybridized carbons (Fsp3) is 0.385. The first-order chi connectivity index (χ1) is 9.36. The highest BCUT2D eigenvalue weighted by Crippen LogP contribution is 2.39. The van der Waals surface area contributed by atoms with Crippen LogP contribution in [0.2, 0.25) is 0 Å². The third-order valence-electron chi connectivity index (χ3n) is 3.27. The highest BCUT2D eigenvalue weighted by Gasteiger charge is 2.39. The quantitative estimate of drug-likeness (QED) is 0.812. The van der Waals surface area contributed by atoms with Gasteiger partial charge in [0.2, 0.25) is 5.78 Å². The van der Waals surface area contributed by atoms with Crippen LogP contribution in [-0.4, -0.2) is 21.5 Å². The number of Topliss-reactive ketones (excluding diaryl/α,β-unsaturated/α-hetero) is 1. The van der Waals surface area contributed by atoms with Gasteiger partial charge in [-0.05, 0) is 25.0 Å². The van der Waals surface area contributed by atoms with Crippen molar-refractivity contribution in [3.05, 3.63) is 29.8 Å². The molecule has 1 aromatic carbocycles. The molecule has 0 aliphatic heterocycles. The van der Waals surface area contributed by atoms with Gasteiger partial charge in [-0.25, -0.2) is 9.37 Å². The number of alkyl halides is 3. The molecule has 0 spiro atoms. The molecule has 3 rings (SSSR count). The van der Waals surface area contributed by atoms with Crippen LogP contribution in [0.1, 0.15) is 24.7 Å². The summed E-state index contributed by atoms with van der Waals surface area (Å²) in [6.07, 6.45) is -4.03. The van der Waals surface area contributed by atoms with Crippen LogP contribution < -0.4 is 0 Å². The summed E-state index contributed by atoms with van der Waals surface area (Å²) in [5, 5.41) is 0. The van der Waals surface area contributed by atoms with Gasteiger partial charge >= 0.3 is 6.18 Å². The number of carbonyl (C=O) groups is 1. The molecule has 3 nitrogen and oxygen atoms in total. The highest BCUT2D eigenvalue weighted by atomic mass is 19.4. The molecule has 0 radical (unpaired) electrons. The fourth-order valence-electron chi connectivity index (χ4n) is 2.23. The van der Waals surface area contributed by atoms with Gasteiger partial charge in [0.25, 0.3) is 0 Å². The molecule has 2 aromatic rings. The van der Waals surface area contributed by atoms with E-state index in [-0.39, 0.29) is 17.4 Å². The number of imidazole rings is 1. The van der Waals surface area contributed by atoms with Crippen LogP contribution in [0.25, 0.3) is 11.0 Å². The van der Waals surface area contributed by atoms with E-state index in [1.165, 1.54) is 12.1 Å². The smallest absolute Gasteiger partial charge is 0.324 e. The molecule has 0 saturated heterocycles. The molecule has 1 aliphatic carbocycles. The van der Waals surface area contributed by atoms with Gasteiger partial charge in [0, 0.05) is 12.1 Å². The number of fused-ring (bicyclic) bond motifs is 1. The Morgan fingerprint density at radius 2 is 2.05 bits per heavy atom.